The first kappa shape index (κ1) is 19.0. The van der Waals surface area contributed by atoms with E-state index in [1.165, 1.54) is 22.0 Å². The molecule has 142 valence electrons. The number of thioether (sulfide) groups is 1. The molecular weight excluding hydrogens is 362 g/mol. The maximum Gasteiger partial charge on any atom is 0.233 e. The molecule has 0 spiro atoms. The van der Waals surface area contributed by atoms with Gasteiger partial charge in [-0.15, -0.1) is 10.2 Å². The van der Waals surface area contributed by atoms with Gasteiger partial charge in [0, 0.05) is 12.5 Å². The first-order valence-corrected chi connectivity index (χ1v) is 9.71. The molecule has 0 saturated carbocycles. The Balaban J connectivity index is 1.58. The van der Waals surface area contributed by atoms with Gasteiger partial charge in [-0.05, 0) is 31.0 Å². The average molecular weight is 385 g/mol. The number of nitrogens with zero attached hydrogens (tertiary/aromatic N) is 3. The molecule has 2 aromatic heterocycles. The monoisotopic (exact) mass is 385 g/mol. The highest BCUT2D eigenvalue weighted by molar-refractivity contribution is 8.00. The molecule has 0 bridgehead atoms. The van der Waals surface area contributed by atoms with E-state index in [2.05, 4.69) is 34.6 Å². The predicted molar refractivity (Wildman–Crippen MR) is 106 cm³/mol. The number of carbonyl (C=O) groups is 1. The van der Waals surface area contributed by atoms with Crippen LogP contribution in [0.5, 0.6) is 0 Å². The SMILES string of the molecule is CC[C@@H](CNC(=O)[C@@H](C)Sc1nnc(-c2ccco2)n1N)c1ccccc1. The Kier molecular flexibility index (Phi) is 6.18. The van der Waals surface area contributed by atoms with Crippen LogP contribution in [0.2, 0.25) is 0 Å². The molecule has 27 heavy (non-hydrogen) atoms. The van der Waals surface area contributed by atoms with E-state index in [4.69, 9.17) is 10.3 Å². The molecule has 3 rings (SSSR count). The molecular formula is C19H23N5O2S. The van der Waals surface area contributed by atoms with Crippen molar-refractivity contribution >= 4 is 17.7 Å². The molecule has 3 N–H and O–H groups in total. The quantitative estimate of drug-likeness (QED) is 0.457. The lowest BCUT2D eigenvalue weighted by molar-refractivity contribution is -0.120. The summed E-state index contributed by atoms with van der Waals surface area (Å²) >= 11 is 1.26. The molecule has 0 aliphatic carbocycles. The summed E-state index contributed by atoms with van der Waals surface area (Å²) in [5.41, 5.74) is 1.23. The van der Waals surface area contributed by atoms with Gasteiger partial charge in [-0.2, -0.15) is 0 Å². The third-order valence-corrected chi connectivity index (χ3v) is 5.40. The summed E-state index contributed by atoms with van der Waals surface area (Å²) in [6.07, 6.45) is 2.50. The zero-order valence-corrected chi connectivity index (χ0v) is 16.1. The number of nitrogens with two attached hydrogens (primary N) is 1. The normalized spacial score (nSPS) is 13.3. The van der Waals surface area contributed by atoms with Crippen molar-refractivity contribution in [2.75, 3.05) is 12.4 Å². The fraction of sp³-hybridized carbons (Fsp3) is 0.316. The third-order valence-electron chi connectivity index (χ3n) is 4.34. The summed E-state index contributed by atoms with van der Waals surface area (Å²) in [4.78, 5) is 12.5. The molecule has 0 aliphatic heterocycles. The maximum absolute atomic E-state index is 12.5. The van der Waals surface area contributed by atoms with Crippen LogP contribution in [0.1, 0.15) is 31.7 Å². The number of benzene rings is 1. The van der Waals surface area contributed by atoms with Crippen LogP contribution >= 0.6 is 11.8 Å². The van der Waals surface area contributed by atoms with Gasteiger partial charge in [-0.25, -0.2) is 4.68 Å². The smallest absolute Gasteiger partial charge is 0.233 e. The fourth-order valence-corrected chi connectivity index (χ4v) is 3.53. The fourth-order valence-electron chi connectivity index (χ4n) is 2.73. The van der Waals surface area contributed by atoms with E-state index in [0.29, 0.717) is 23.3 Å². The van der Waals surface area contributed by atoms with Gasteiger partial charge in [0.05, 0.1) is 11.5 Å². The van der Waals surface area contributed by atoms with Crippen molar-refractivity contribution in [2.45, 2.75) is 36.6 Å². The minimum Gasteiger partial charge on any atom is -0.461 e. The highest BCUT2D eigenvalue weighted by Gasteiger charge is 2.21. The van der Waals surface area contributed by atoms with Crippen molar-refractivity contribution in [1.82, 2.24) is 20.2 Å². The van der Waals surface area contributed by atoms with Crippen LogP contribution in [0.15, 0.2) is 58.3 Å². The Morgan fingerprint density at radius 3 is 2.70 bits per heavy atom. The van der Waals surface area contributed by atoms with Gasteiger partial charge in [0.15, 0.2) is 5.76 Å². The molecule has 2 heterocycles. The molecule has 1 aromatic carbocycles. The Bertz CT molecular complexity index is 864. The van der Waals surface area contributed by atoms with Crippen LogP contribution in [-0.4, -0.2) is 32.6 Å². The minimum absolute atomic E-state index is 0.0584. The Hall–Kier alpha value is -2.74. The highest BCUT2D eigenvalue weighted by Crippen LogP contribution is 2.25. The van der Waals surface area contributed by atoms with E-state index in [9.17, 15) is 4.79 Å². The molecule has 8 heteroatoms. The van der Waals surface area contributed by atoms with E-state index in [1.54, 1.807) is 18.4 Å². The van der Waals surface area contributed by atoms with Crippen molar-refractivity contribution in [1.29, 1.82) is 0 Å². The second-order valence-electron chi connectivity index (χ2n) is 6.17. The molecule has 0 unspecified atom stereocenters. The summed E-state index contributed by atoms with van der Waals surface area (Å²) in [6.45, 7) is 4.54. The number of aromatic nitrogens is 3. The van der Waals surface area contributed by atoms with Crippen LogP contribution in [-0.2, 0) is 4.79 Å². The number of carbonyl (C=O) groups excluding carboxylic acids is 1. The minimum atomic E-state index is -0.353. The van der Waals surface area contributed by atoms with E-state index < -0.39 is 0 Å². The molecule has 0 aliphatic rings. The number of rotatable bonds is 8. The number of nitrogen functional groups attached to an aromatic ring is 1. The lowest BCUT2D eigenvalue weighted by Gasteiger charge is -2.18. The van der Waals surface area contributed by atoms with Crippen LogP contribution in [0.25, 0.3) is 11.6 Å². The number of hydrogen-bond acceptors (Lipinski definition) is 6. The van der Waals surface area contributed by atoms with E-state index in [0.717, 1.165) is 6.42 Å². The largest absolute Gasteiger partial charge is 0.461 e. The molecule has 0 radical (unpaired) electrons. The van der Waals surface area contributed by atoms with Gasteiger partial charge in [0.1, 0.15) is 0 Å². The topological polar surface area (TPSA) is 99.0 Å². The second kappa shape index (κ2) is 8.77. The van der Waals surface area contributed by atoms with Crippen LogP contribution in [0.4, 0.5) is 0 Å². The number of furan rings is 1. The third kappa shape index (κ3) is 4.51. The first-order valence-electron chi connectivity index (χ1n) is 8.83. The molecule has 0 saturated heterocycles. The predicted octanol–water partition coefficient (Wildman–Crippen LogP) is 3.04. The van der Waals surface area contributed by atoms with Crippen molar-refractivity contribution in [3.63, 3.8) is 0 Å². The van der Waals surface area contributed by atoms with Gasteiger partial charge in [0.2, 0.25) is 16.9 Å². The van der Waals surface area contributed by atoms with Crippen molar-refractivity contribution in [3.8, 4) is 11.6 Å². The molecule has 3 aromatic rings. The van der Waals surface area contributed by atoms with Crippen molar-refractivity contribution in [2.24, 2.45) is 0 Å². The van der Waals surface area contributed by atoms with Crippen LogP contribution in [0, 0.1) is 0 Å². The van der Waals surface area contributed by atoms with Gasteiger partial charge in [0.25, 0.3) is 0 Å². The van der Waals surface area contributed by atoms with Gasteiger partial charge < -0.3 is 15.6 Å². The standard InChI is InChI=1S/C19H23N5O2S/c1-3-14(15-8-5-4-6-9-15)12-21-18(25)13(2)27-19-23-22-17(24(19)20)16-10-7-11-26-16/h4-11,13-14H,3,12,20H2,1-2H3,(H,21,25)/t13-,14+/m1/s1. The maximum atomic E-state index is 12.5. The van der Waals surface area contributed by atoms with E-state index >= 15 is 0 Å². The summed E-state index contributed by atoms with van der Waals surface area (Å²) in [7, 11) is 0. The lowest BCUT2D eigenvalue weighted by Crippen LogP contribution is -2.34. The first-order chi connectivity index (χ1) is 13.1. The zero-order valence-electron chi connectivity index (χ0n) is 15.3. The lowest BCUT2D eigenvalue weighted by atomic mass is 9.96. The molecule has 7 nitrogen and oxygen atoms in total. The Morgan fingerprint density at radius 2 is 2.04 bits per heavy atom. The Labute approximate surface area is 162 Å². The van der Waals surface area contributed by atoms with E-state index in [1.807, 2.05) is 25.1 Å². The zero-order chi connectivity index (χ0) is 19.2. The highest BCUT2D eigenvalue weighted by atomic mass is 32.2. The second-order valence-corrected chi connectivity index (χ2v) is 7.48. The molecule has 0 fully saturated rings. The van der Waals surface area contributed by atoms with Gasteiger partial charge >= 0.3 is 0 Å². The molecule has 2 atom stereocenters. The Morgan fingerprint density at radius 1 is 1.26 bits per heavy atom. The van der Waals surface area contributed by atoms with Gasteiger partial charge in [-0.3, -0.25) is 4.79 Å². The van der Waals surface area contributed by atoms with Crippen LogP contribution in [0.3, 0.4) is 0 Å². The number of nitrogens with one attached hydrogen (secondary N) is 1. The summed E-state index contributed by atoms with van der Waals surface area (Å²) in [5, 5.41) is 11.2. The number of amides is 1. The van der Waals surface area contributed by atoms with Crippen molar-refractivity contribution in [3.05, 3.63) is 54.3 Å². The summed E-state index contributed by atoms with van der Waals surface area (Å²) in [6, 6.07) is 13.7. The molecule has 1 amide bonds. The van der Waals surface area contributed by atoms with Gasteiger partial charge in [-0.1, -0.05) is 49.0 Å². The van der Waals surface area contributed by atoms with Crippen molar-refractivity contribution < 1.29 is 9.21 Å². The van der Waals surface area contributed by atoms with E-state index in [-0.39, 0.29) is 17.1 Å². The van der Waals surface area contributed by atoms with Crippen LogP contribution < -0.4 is 11.2 Å². The number of hydrogen-bond donors (Lipinski definition) is 2. The summed E-state index contributed by atoms with van der Waals surface area (Å²) < 4.78 is 6.63. The summed E-state index contributed by atoms with van der Waals surface area (Å²) in [5.74, 6) is 7.22. The average Bonchev–Trinajstić information content (AvgIpc) is 3.33.